The highest BCUT2D eigenvalue weighted by atomic mass is 35.5. The summed E-state index contributed by atoms with van der Waals surface area (Å²) in [5.41, 5.74) is 10.5. The van der Waals surface area contributed by atoms with Crippen molar-refractivity contribution < 1.29 is 4.92 Å². The van der Waals surface area contributed by atoms with Crippen LogP contribution in [-0.2, 0) is 10.8 Å². The Hall–Kier alpha value is -4.21. The van der Waals surface area contributed by atoms with Crippen LogP contribution in [0, 0.1) is 10.1 Å². The van der Waals surface area contributed by atoms with E-state index >= 15 is 0 Å². The summed E-state index contributed by atoms with van der Waals surface area (Å²) < 4.78 is 0. The molecule has 0 unspecified atom stereocenters. The number of hydrogen-bond acceptors (Lipinski definition) is 2. The molecule has 1 spiro atoms. The second-order valence-electron chi connectivity index (χ2n) is 10.7. The van der Waals surface area contributed by atoms with Crippen LogP contribution in [-0.4, -0.2) is 4.92 Å². The topological polar surface area (TPSA) is 43.1 Å². The first-order valence-electron chi connectivity index (χ1n) is 12.7. The summed E-state index contributed by atoms with van der Waals surface area (Å²) in [7, 11) is 0. The van der Waals surface area contributed by atoms with Crippen LogP contribution in [0.2, 0.25) is 5.02 Å². The molecule has 7 rings (SSSR count). The predicted molar refractivity (Wildman–Crippen MR) is 153 cm³/mol. The molecule has 2 aliphatic rings. The van der Waals surface area contributed by atoms with Gasteiger partial charge in [-0.15, -0.1) is 0 Å². The number of nitrogens with zero attached hydrogens (tertiary/aromatic N) is 1. The molecule has 3 nitrogen and oxygen atoms in total. The van der Waals surface area contributed by atoms with E-state index in [9.17, 15) is 10.1 Å². The van der Waals surface area contributed by atoms with Gasteiger partial charge in [0.25, 0.3) is 5.69 Å². The second-order valence-corrected chi connectivity index (χ2v) is 11.1. The van der Waals surface area contributed by atoms with Crippen LogP contribution in [0.4, 0.5) is 5.69 Å². The lowest BCUT2D eigenvalue weighted by atomic mass is 9.55. The minimum Gasteiger partial charge on any atom is -0.258 e. The Labute approximate surface area is 226 Å². The molecule has 0 bridgehead atoms. The largest absolute Gasteiger partial charge is 0.277 e. The molecule has 0 saturated carbocycles. The van der Waals surface area contributed by atoms with Crippen molar-refractivity contribution in [3.63, 3.8) is 0 Å². The highest BCUT2D eigenvalue weighted by Gasteiger charge is 2.53. The molecule has 0 atom stereocenters. The molecule has 0 radical (unpaired) electrons. The molecular weight excluding hydrogens is 490 g/mol. The van der Waals surface area contributed by atoms with Crippen molar-refractivity contribution in [1.29, 1.82) is 0 Å². The summed E-state index contributed by atoms with van der Waals surface area (Å²) in [5, 5.41) is 12.5. The second kappa shape index (κ2) is 7.89. The van der Waals surface area contributed by atoms with Crippen molar-refractivity contribution >= 4 is 17.3 Å². The van der Waals surface area contributed by atoms with Crippen molar-refractivity contribution in [2.75, 3.05) is 0 Å². The van der Waals surface area contributed by atoms with Gasteiger partial charge in [-0.2, -0.15) is 0 Å². The van der Waals surface area contributed by atoms with Gasteiger partial charge < -0.3 is 0 Å². The first-order valence-corrected chi connectivity index (χ1v) is 13.1. The highest BCUT2D eigenvalue weighted by Crippen LogP contribution is 2.62. The van der Waals surface area contributed by atoms with Gasteiger partial charge >= 0.3 is 0 Å². The third-order valence-corrected chi connectivity index (χ3v) is 8.76. The van der Waals surface area contributed by atoms with Crippen molar-refractivity contribution in [3.8, 4) is 22.3 Å². The van der Waals surface area contributed by atoms with E-state index in [-0.39, 0.29) is 16.0 Å². The zero-order valence-electron chi connectivity index (χ0n) is 21.0. The zero-order valence-corrected chi connectivity index (χ0v) is 21.8. The van der Waals surface area contributed by atoms with Gasteiger partial charge in [0.1, 0.15) is 0 Å². The summed E-state index contributed by atoms with van der Waals surface area (Å²) in [6.45, 7) is 4.60. The standard InChI is InChI=1S/C34H24ClNO2/c1-33(2)28-10-4-6-12-30(28)34(31-13-7-5-11-29(31)33)26-17-15-21(23-9-3-8-14-32(23)36(37)38)19-24(26)25-20-22(35)16-18-27(25)34/h3-20H,1-2H3. The smallest absolute Gasteiger partial charge is 0.258 e. The van der Waals surface area contributed by atoms with Crippen LogP contribution in [0.5, 0.6) is 0 Å². The maximum absolute atomic E-state index is 11.8. The minimum absolute atomic E-state index is 0.0987. The van der Waals surface area contributed by atoms with Gasteiger partial charge in [-0.25, -0.2) is 0 Å². The Morgan fingerprint density at radius 3 is 1.76 bits per heavy atom. The van der Waals surface area contributed by atoms with Crippen molar-refractivity contribution in [1.82, 2.24) is 0 Å². The van der Waals surface area contributed by atoms with E-state index in [2.05, 4.69) is 80.6 Å². The molecule has 4 heteroatoms. The van der Waals surface area contributed by atoms with Crippen molar-refractivity contribution in [3.05, 3.63) is 158 Å². The van der Waals surface area contributed by atoms with Gasteiger partial charge in [-0.3, -0.25) is 10.1 Å². The molecule has 2 aliphatic carbocycles. The lowest BCUT2D eigenvalue weighted by Crippen LogP contribution is -2.40. The summed E-state index contributed by atoms with van der Waals surface area (Å²) in [6, 6.07) is 36.9. The molecule has 0 N–H and O–H groups in total. The molecule has 0 saturated heterocycles. The number of hydrogen-bond donors (Lipinski definition) is 0. The molecule has 0 aromatic heterocycles. The van der Waals surface area contributed by atoms with E-state index in [1.807, 2.05) is 30.3 Å². The van der Waals surface area contributed by atoms with Crippen molar-refractivity contribution in [2.24, 2.45) is 0 Å². The number of benzene rings is 5. The number of nitro benzene ring substituents is 1. The van der Waals surface area contributed by atoms with E-state index in [4.69, 9.17) is 11.6 Å². The van der Waals surface area contributed by atoms with E-state index in [1.54, 1.807) is 12.1 Å². The number of halogens is 1. The Morgan fingerprint density at radius 2 is 1.13 bits per heavy atom. The Bertz CT molecular complexity index is 1750. The SMILES string of the molecule is CC1(C)c2ccccc2C2(c3ccc(Cl)cc3-c3cc(-c4ccccc4[N+](=O)[O-])ccc32)c2ccccc21. The van der Waals surface area contributed by atoms with Gasteiger partial charge in [-0.05, 0) is 74.3 Å². The summed E-state index contributed by atoms with van der Waals surface area (Å²) >= 11 is 6.60. The fourth-order valence-electron chi connectivity index (χ4n) is 6.93. The van der Waals surface area contributed by atoms with Crippen LogP contribution in [0.15, 0.2) is 109 Å². The number of fused-ring (bicyclic) bond motifs is 9. The summed E-state index contributed by atoms with van der Waals surface area (Å²) in [6.07, 6.45) is 0. The molecule has 0 aliphatic heterocycles. The van der Waals surface area contributed by atoms with Crippen LogP contribution in [0.1, 0.15) is 47.2 Å². The minimum atomic E-state index is -0.515. The molecular formula is C34H24ClNO2. The third-order valence-electron chi connectivity index (χ3n) is 8.52. The monoisotopic (exact) mass is 513 g/mol. The van der Waals surface area contributed by atoms with E-state index in [1.165, 1.54) is 33.4 Å². The molecule has 5 aromatic carbocycles. The lowest BCUT2D eigenvalue weighted by Gasteiger charge is -2.46. The zero-order chi connectivity index (χ0) is 26.2. The average Bonchev–Trinajstić information content (AvgIpc) is 3.21. The van der Waals surface area contributed by atoms with E-state index < -0.39 is 5.41 Å². The number of nitro groups is 1. The Balaban J connectivity index is 1.62. The van der Waals surface area contributed by atoms with E-state index in [0.29, 0.717) is 10.6 Å². The molecule has 38 heavy (non-hydrogen) atoms. The normalized spacial score (nSPS) is 15.3. The van der Waals surface area contributed by atoms with Gasteiger partial charge in [0.15, 0.2) is 0 Å². The molecule has 0 amide bonds. The Morgan fingerprint density at radius 1 is 0.605 bits per heavy atom. The van der Waals surface area contributed by atoms with Crippen molar-refractivity contribution in [2.45, 2.75) is 24.7 Å². The first-order chi connectivity index (χ1) is 18.3. The van der Waals surface area contributed by atoms with Gasteiger partial charge in [0.2, 0.25) is 0 Å². The Kier molecular flexibility index (Phi) is 4.77. The third kappa shape index (κ3) is 2.85. The number of rotatable bonds is 2. The van der Waals surface area contributed by atoms with Crippen LogP contribution < -0.4 is 0 Å². The average molecular weight is 514 g/mol. The molecule has 5 aromatic rings. The van der Waals surface area contributed by atoms with Gasteiger partial charge in [0.05, 0.1) is 15.9 Å². The maximum atomic E-state index is 11.8. The van der Waals surface area contributed by atoms with E-state index in [0.717, 1.165) is 16.7 Å². The highest BCUT2D eigenvalue weighted by molar-refractivity contribution is 6.31. The maximum Gasteiger partial charge on any atom is 0.277 e. The lowest BCUT2D eigenvalue weighted by molar-refractivity contribution is -0.384. The van der Waals surface area contributed by atoms with Gasteiger partial charge in [-0.1, -0.05) is 104 Å². The summed E-state index contributed by atoms with van der Waals surface area (Å²) in [4.78, 5) is 11.5. The van der Waals surface area contributed by atoms with Crippen LogP contribution in [0.25, 0.3) is 22.3 Å². The van der Waals surface area contributed by atoms with Gasteiger partial charge in [0, 0.05) is 16.5 Å². The fourth-order valence-corrected chi connectivity index (χ4v) is 7.10. The molecule has 0 heterocycles. The molecule has 184 valence electrons. The quantitative estimate of drug-likeness (QED) is 0.171. The first kappa shape index (κ1) is 22.9. The fraction of sp³-hybridized carbons (Fsp3) is 0.118. The summed E-state index contributed by atoms with van der Waals surface area (Å²) in [5.74, 6) is 0. The van der Waals surface area contributed by atoms with Crippen LogP contribution >= 0.6 is 11.6 Å². The van der Waals surface area contributed by atoms with Crippen LogP contribution in [0.3, 0.4) is 0 Å². The molecule has 0 fully saturated rings. The number of para-hydroxylation sites is 1. The predicted octanol–water partition coefficient (Wildman–Crippen LogP) is 8.92.